The normalized spacial score (nSPS) is 62.2. The molecular formula is C24H34O8. The minimum Gasteiger partial charge on any atom is -0.462 e. The van der Waals surface area contributed by atoms with E-state index in [1.165, 1.54) is 13.8 Å². The van der Waals surface area contributed by atoms with Gasteiger partial charge in [0.05, 0.1) is 18.8 Å². The Morgan fingerprint density at radius 1 is 0.969 bits per heavy atom. The Kier molecular flexibility index (Phi) is 3.47. The van der Waals surface area contributed by atoms with Gasteiger partial charge >= 0.3 is 11.9 Å². The Balaban J connectivity index is 1.79. The van der Waals surface area contributed by atoms with Crippen LogP contribution in [-0.4, -0.2) is 64.1 Å². The van der Waals surface area contributed by atoms with Gasteiger partial charge < -0.3 is 29.5 Å². The highest BCUT2D eigenvalue weighted by atomic mass is 16.6. The molecule has 2 bridgehead atoms. The average Bonchev–Trinajstić information content (AvgIpc) is 3.00. The van der Waals surface area contributed by atoms with Crippen LogP contribution in [0.5, 0.6) is 0 Å². The summed E-state index contributed by atoms with van der Waals surface area (Å²) in [5.74, 6) is -2.82. The molecule has 0 aromatic carbocycles. The second kappa shape index (κ2) is 5.21. The fourth-order valence-corrected chi connectivity index (χ4v) is 11.6. The number of fused-ring (bicyclic) bond motifs is 1. The van der Waals surface area contributed by atoms with Gasteiger partial charge in [-0.1, -0.05) is 27.7 Å². The zero-order valence-electron chi connectivity index (χ0n) is 19.6. The number of carbonyl (C=O) groups excluding carboxylic acids is 2. The minimum absolute atomic E-state index is 0.110. The standard InChI is InChI=1S/C24H34O8/c1-11(25)31-16-13-9-22(29)20(6)21(10-30-22)14(27)7-8-19(5)15(28)17(32-12(2)26)23(20,18(13,3)4)24(16,19)21/h13-17,27-29H,7-10H2,1-6H3/t13-,14+,15+,16-,17+,19+,20+,21-,22+,23+,24-/m1/s1. The van der Waals surface area contributed by atoms with Crippen LogP contribution < -0.4 is 0 Å². The third-order valence-corrected chi connectivity index (χ3v) is 11.9. The topological polar surface area (TPSA) is 123 Å². The summed E-state index contributed by atoms with van der Waals surface area (Å²) in [6, 6.07) is 0. The lowest BCUT2D eigenvalue weighted by molar-refractivity contribution is -0.450. The summed E-state index contributed by atoms with van der Waals surface area (Å²) in [4.78, 5) is 24.8. The van der Waals surface area contributed by atoms with Gasteiger partial charge in [0, 0.05) is 53.3 Å². The molecule has 32 heavy (non-hydrogen) atoms. The molecule has 0 unspecified atom stereocenters. The third-order valence-electron chi connectivity index (χ3n) is 11.9. The first-order chi connectivity index (χ1) is 14.7. The maximum absolute atomic E-state index is 12.4. The predicted molar refractivity (Wildman–Crippen MR) is 109 cm³/mol. The van der Waals surface area contributed by atoms with Gasteiger partial charge in [0.1, 0.15) is 12.2 Å². The van der Waals surface area contributed by atoms with Gasteiger partial charge in [-0.2, -0.15) is 0 Å². The van der Waals surface area contributed by atoms with Crippen molar-refractivity contribution in [1.29, 1.82) is 0 Å². The lowest BCUT2D eigenvalue weighted by Crippen LogP contribution is -2.90. The van der Waals surface area contributed by atoms with E-state index in [0.717, 1.165) is 0 Å². The van der Waals surface area contributed by atoms with Crippen LogP contribution in [0.4, 0.5) is 0 Å². The molecule has 0 amide bonds. The number of esters is 2. The fraction of sp³-hybridized carbons (Fsp3) is 0.917. The van der Waals surface area contributed by atoms with Crippen LogP contribution in [0.15, 0.2) is 0 Å². The van der Waals surface area contributed by atoms with Crippen molar-refractivity contribution >= 4 is 11.9 Å². The van der Waals surface area contributed by atoms with Gasteiger partial charge in [0.2, 0.25) is 0 Å². The average molecular weight is 451 g/mol. The van der Waals surface area contributed by atoms with Crippen LogP contribution >= 0.6 is 0 Å². The minimum atomic E-state index is -1.59. The van der Waals surface area contributed by atoms with E-state index in [9.17, 15) is 24.9 Å². The molecule has 3 spiro atoms. The maximum Gasteiger partial charge on any atom is 0.303 e. The number of carbonyl (C=O) groups is 2. The molecule has 178 valence electrons. The maximum atomic E-state index is 12.4. The van der Waals surface area contributed by atoms with Gasteiger partial charge in [-0.3, -0.25) is 9.59 Å². The molecule has 6 rings (SSSR count). The molecule has 11 atom stereocenters. The first-order valence-corrected chi connectivity index (χ1v) is 11.8. The smallest absolute Gasteiger partial charge is 0.303 e. The largest absolute Gasteiger partial charge is 0.462 e. The van der Waals surface area contributed by atoms with Gasteiger partial charge in [-0.25, -0.2) is 0 Å². The van der Waals surface area contributed by atoms with Gasteiger partial charge in [-0.15, -0.1) is 0 Å². The van der Waals surface area contributed by atoms with Crippen molar-refractivity contribution in [2.75, 3.05) is 6.61 Å². The highest BCUT2D eigenvalue weighted by Gasteiger charge is 3.10. The van der Waals surface area contributed by atoms with Crippen molar-refractivity contribution < 1.29 is 39.1 Å². The van der Waals surface area contributed by atoms with Crippen molar-refractivity contribution in [3.63, 3.8) is 0 Å². The number of aliphatic hydroxyl groups is 3. The Bertz CT molecular complexity index is 964. The molecule has 0 aromatic rings. The molecule has 5 saturated carbocycles. The molecule has 6 aliphatic rings. The Morgan fingerprint density at radius 3 is 2.16 bits per heavy atom. The summed E-state index contributed by atoms with van der Waals surface area (Å²) in [6.45, 7) is 10.9. The van der Waals surface area contributed by atoms with Gasteiger partial charge in [0.25, 0.3) is 0 Å². The van der Waals surface area contributed by atoms with Crippen LogP contribution in [0, 0.1) is 38.4 Å². The lowest BCUT2D eigenvalue weighted by Gasteiger charge is -2.84. The molecule has 0 aromatic heterocycles. The summed E-state index contributed by atoms with van der Waals surface area (Å²) in [5, 5.41) is 35.6. The molecule has 8 heteroatoms. The predicted octanol–water partition coefficient (Wildman–Crippen LogP) is 1.14. The summed E-state index contributed by atoms with van der Waals surface area (Å²) < 4.78 is 18.3. The molecule has 0 radical (unpaired) electrons. The Labute approximate surface area is 187 Å². The highest BCUT2D eigenvalue weighted by Crippen LogP contribution is 3.04. The van der Waals surface area contributed by atoms with Crippen molar-refractivity contribution in [2.45, 2.75) is 91.0 Å². The zero-order chi connectivity index (χ0) is 23.5. The Morgan fingerprint density at radius 2 is 1.56 bits per heavy atom. The summed E-state index contributed by atoms with van der Waals surface area (Å²) in [6.07, 6.45) is -2.23. The third kappa shape index (κ3) is 1.40. The van der Waals surface area contributed by atoms with E-state index in [-0.39, 0.29) is 18.9 Å². The SMILES string of the molecule is CC(=O)O[C@@H]1[C@H]2C[C@]3(O)OC[C@@]45[C@@H](O)CC[C@@]6(C)[C@@H](O)[C@H](OC(C)=O)[C@](C2(C)C)([C@@]43C)[C@@]156. The second-order valence-corrected chi connectivity index (χ2v) is 12.3. The first-order valence-electron chi connectivity index (χ1n) is 11.8. The van der Waals surface area contributed by atoms with Crippen LogP contribution in [0.1, 0.15) is 60.8 Å². The van der Waals surface area contributed by atoms with Crippen molar-refractivity contribution in [2.24, 2.45) is 38.4 Å². The van der Waals surface area contributed by atoms with Crippen LogP contribution in [0.25, 0.3) is 0 Å². The number of rotatable bonds is 2. The van der Waals surface area contributed by atoms with E-state index in [2.05, 4.69) is 13.8 Å². The fourth-order valence-electron chi connectivity index (χ4n) is 11.6. The number of aliphatic hydroxyl groups excluding tert-OH is 2. The molecule has 5 aliphatic carbocycles. The Hall–Kier alpha value is -1.22. The molecule has 1 saturated heterocycles. The summed E-state index contributed by atoms with van der Waals surface area (Å²) >= 11 is 0. The van der Waals surface area contributed by atoms with Crippen molar-refractivity contribution in [3.05, 3.63) is 0 Å². The van der Waals surface area contributed by atoms with Crippen LogP contribution in [0.2, 0.25) is 0 Å². The molecular weight excluding hydrogens is 416 g/mol. The lowest BCUT2D eigenvalue weighted by atomic mass is 9.17. The zero-order valence-corrected chi connectivity index (χ0v) is 19.6. The van der Waals surface area contributed by atoms with E-state index in [0.29, 0.717) is 12.8 Å². The number of ether oxygens (including phenoxy) is 3. The van der Waals surface area contributed by atoms with E-state index in [4.69, 9.17) is 14.2 Å². The highest BCUT2D eigenvalue weighted by molar-refractivity contribution is 5.69. The van der Waals surface area contributed by atoms with Gasteiger partial charge in [-0.05, 0) is 18.3 Å². The molecule has 3 N–H and O–H groups in total. The van der Waals surface area contributed by atoms with Gasteiger partial charge in [0.15, 0.2) is 5.79 Å². The number of hydrogen-bond acceptors (Lipinski definition) is 8. The van der Waals surface area contributed by atoms with E-state index >= 15 is 0 Å². The molecule has 8 nitrogen and oxygen atoms in total. The summed E-state index contributed by atoms with van der Waals surface area (Å²) in [7, 11) is 0. The van der Waals surface area contributed by atoms with Crippen molar-refractivity contribution in [1.82, 2.24) is 0 Å². The van der Waals surface area contributed by atoms with Crippen LogP contribution in [-0.2, 0) is 23.8 Å². The van der Waals surface area contributed by atoms with Crippen LogP contribution in [0.3, 0.4) is 0 Å². The monoisotopic (exact) mass is 450 g/mol. The quantitative estimate of drug-likeness (QED) is 0.536. The number of hydrogen-bond donors (Lipinski definition) is 3. The molecule has 1 heterocycles. The van der Waals surface area contributed by atoms with E-state index in [1.807, 2.05) is 13.8 Å². The first kappa shape index (κ1) is 21.3. The van der Waals surface area contributed by atoms with E-state index < -0.39 is 74.6 Å². The summed E-state index contributed by atoms with van der Waals surface area (Å²) in [5.41, 5.74) is -5.22. The van der Waals surface area contributed by atoms with E-state index in [1.54, 1.807) is 0 Å². The molecule has 1 aliphatic heterocycles. The van der Waals surface area contributed by atoms with Crippen molar-refractivity contribution in [3.8, 4) is 0 Å². The second-order valence-electron chi connectivity index (χ2n) is 12.3. The molecule has 6 fully saturated rings.